The Balaban J connectivity index is 2.19. The van der Waals surface area contributed by atoms with Gasteiger partial charge in [-0.05, 0) is 31.0 Å². The van der Waals surface area contributed by atoms with Crippen LogP contribution in [0.1, 0.15) is 43.2 Å². The van der Waals surface area contributed by atoms with E-state index in [2.05, 4.69) is 29.1 Å². The molecule has 1 amide bonds. The molecule has 0 radical (unpaired) electrons. The number of carbonyl (C=O) groups is 1. The van der Waals surface area contributed by atoms with Gasteiger partial charge in [-0.15, -0.1) is 0 Å². The van der Waals surface area contributed by atoms with Crippen LogP contribution in [0, 0.1) is 0 Å². The van der Waals surface area contributed by atoms with Crippen LogP contribution < -0.4 is 5.32 Å². The van der Waals surface area contributed by atoms with Gasteiger partial charge < -0.3 is 9.88 Å². The second-order valence-corrected chi connectivity index (χ2v) is 5.26. The summed E-state index contributed by atoms with van der Waals surface area (Å²) in [6.07, 6.45) is 3.63. The molecule has 19 heavy (non-hydrogen) atoms. The van der Waals surface area contributed by atoms with Crippen LogP contribution in [0.4, 0.5) is 0 Å². The largest absolute Gasteiger partial charge is 0.346 e. The predicted molar refractivity (Wildman–Crippen MR) is 73.4 cm³/mol. The number of fused-ring (bicyclic) bond motifs is 3. The van der Waals surface area contributed by atoms with Crippen LogP contribution >= 0.6 is 11.6 Å². The minimum absolute atomic E-state index is 0.0503. The molecule has 0 bridgehead atoms. The number of nitrogens with zero attached hydrogens (tertiary/aromatic N) is 3. The molecular weight excluding hydrogens is 264 g/mol. The molecule has 3 rings (SSSR count). The molecule has 0 aromatic carbocycles. The molecule has 2 aromatic heterocycles. The minimum Gasteiger partial charge on any atom is -0.346 e. The summed E-state index contributed by atoms with van der Waals surface area (Å²) in [7, 11) is 0. The highest BCUT2D eigenvalue weighted by atomic mass is 35.5. The molecule has 0 saturated carbocycles. The van der Waals surface area contributed by atoms with E-state index in [-0.39, 0.29) is 23.3 Å². The minimum atomic E-state index is -0.0503. The average molecular weight is 279 g/mol. The van der Waals surface area contributed by atoms with Crippen LogP contribution in [0.3, 0.4) is 0 Å². The Labute approximate surface area is 116 Å². The third-order valence-electron chi connectivity index (χ3n) is 3.68. The molecule has 1 aliphatic heterocycles. The maximum Gasteiger partial charge on any atom is 0.268 e. The van der Waals surface area contributed by atoms with Crippen LogP contribution in [0.15, 0.2) is 12.3 Å². The number of nitrogens with one attached hydrogen (secondary N) is 1. The molecule has 2 aromatic rings. The van der Waals surface area contributed by atoms with Crippen molar-refractivity contribution in [1.29, 1.82) is 0 Å². The highest BCUT2D eigenvalue weighted by Crippen LogP contribution is 2.29. The average Bonchev–Trinajstić information content (AvgIpc) is 2.75. The monoisotopic (exact) mass is 278 g/mol. The van der Waals surface area contributed by atoms with Gasteiger partial charge in [0.15, 0.2) is 0 Å². The maximum atomic E-state index is 12.2. The first kappa shape index (κ1) is 12.4. The summed E-state index contributed by atoms with van der Waals surface area (Å²) in [6, 6.07) is 2.12. The summed E-state index contributed by atoms with van der Waals surface area (Å²) in [6.45, 7) is 4.21. The van der Waals surface area contributed by atoms with E-state index < -0.39 is 0 Å². The molecular formula is C13H15ClN4O. The molecule has 6 heteroatoms. The normalized spacial score (nSPS) is 22.4. The topological polar surface area (TPSA) is 59.8 Å². The van der Waals surface area contributed by atoms with Crippen molar-refractivity contribution in [2.75, 3.05) is 0 Å². The van der Waals surface area contributed by atoms with E-state index in [4.69, 9.17) is 11.6 Å². The van der Waals surface area contributed by atoms with Crippen molar-refractivity contribution >= 4 is 28.5 Å². The number of hydrogen-bond acceptors (Lipinski definition) is 3. The van der Waals surface area contributed by atoms with Crippen molar-refractivity contribution in [3.8, 4) is 0 Å². The first-order chi connectivity index (χ1) is 9.11. The molecule has 1 aliphatic rings. The van der Waals surface area contributed by atoms with Crippen molar-refractivity contribution in [2.45, 2.75) is 38.8 Å². The van der Waals surface area contributed by atoms with E-state index in [1.165, 1.54) is 0 Å². The number of amides is 1. The van der Waals surface area contributed by atoms with Gasteiger partial charge in [-0.25, -0.2) is 4.98 Å². The standard InChI is InChI=1S/C13H15ClN4O/c1-3-4-9-7(2)18-10(12(19)16-9)5-8-6-15-13(14)17-11(8)18/h5-7,9H,3-4H2,1-2H3,(H,16,19)/t7-,9-/m0/s1. The molecule has 0 unspecified atom stereocenters. The van der Waals surface area contributed by atoms with Crippen LogP contribution in [-0.2, 0) is 0 Å². The van der Waals surface area contributed by atoms with Crippen molar-refractivity contribution in [3.05, 3.63) is 23.2 Å². The fourth-order valence-corrected chi connectivity index (χ4v) is 2.87. The summed E-state index contributed by atoms with van der Waals surface area (Å²) >= 11 is 5.86. The molecule has 1 N–H and O–H groups in total. The molecule has 3 heterocycles. The van der Waals surface area contributed by atoms with Crippen molar-refractivity contribution in [1.82, 2.24) is 19.9 Å². The number of aromatic nitrogens is 3. The van der Waals surface area contributed by atoms with Gasteiger partial charge in [0.05, 0.1) is 6.04 Å². The first-order valence-corrected chi connectivity index (χ1v) is 6.84. The van der Waals surface area contributed by atoms with Crippen LogP contribution in [0.5, 0.6) is 0 Å². The van der Waals surface area contributed by atoms with Crippen LogP contribution in [0.2, 0.25) is 5.28 Å². The van der Waals surface area contributed by atoms with Gasteiger partial charge in [0.2, 0.25) is 5.28 Å². The van der Waals surface area contributed by atoms with E-state index in [1.807, 2.05) is 10.6 Å². The number of hydrogen-bond donors (Lipinski definition) is 1. The molecule has 0 aliphatic carbocycles. The molecule has 100 valence electrons. The van der Waals surface area contributed by atoms with Crippen molar-refractivity contribution < 1.29 is 4.79 Å². The fraction of sp³-hybridized carbons (Fsp3) is 0.462. The SMILES string of the molecule is CCC[C@@H]1NC(=O)c2cc3cnc(Cl)nc3n2[C@H]1C. The summed E-state index contributed by atoms with van der Waals surface area (Å²) in [5.41, 5.74) is 1.37. The Morgan fingerprint density at radius 2 is 2.32 bits per heavy atom. The van der Waals surface area contributed by atoms with E-state index in [9.17, 15) is 4.79 Å². The smallest absolute Gasteiger partial charge is 0.268 e. The van der Waals surface area contributed by atoms with Crippen molar-refractivity contribution in [2.24, 2.45) is 0 Å². The summed E-state index contributed by atoms with van der Waals surface area (Å²) < 4.78 is 1.97. The number of rotatable bonds is 2. The third kappa shape index (κ3) is 1.89. The van der Waals surface area contributed by atoms with E-state index in [0.29, 0.717) is 5.69 Å². The quantitative estimate of drug-likeness (QED) is 0.859. The molecule has 5 nitrogen and oxygen atoms in total. The highest BCUT2D eigenvalue weighted by molar-refractivity contribution is 6.28. The Bertz CT molecular complexity index is 651. The van der Waals surface area contributed by atoms with Gasteiger partial charge in [-0.1, -0.05) is 13.3 Å². The zero-order valence-corrected chi connectivity index (χ0v) is 11.6. The number of halogens is 1. The van der Waals surface area contributed by atoms with E-state index in [1.54, 1.807) is 6.20 Å². The van der Waals surface area contributed by atoms with Gasteiger partial charge in [-0.3, -0.25) is 4.79 Å². The lowest BCUT2D eigenvalue weighted by atomic mass is 10.0. The lowest BCUT2D eigenvalue weighted by molar-refractivity contribution is 0.0880. The van der Waals surface area contributed by atoms with Crippen molar-refractivity contribution in [3.63, 3.8) is 0 Å². The summed E-state index contributed by atoms with van der Waals surface area (Å²) in [5.74, 6) is -0.0503. The van der Waals surface area contributed by atoms with Gasteiger partial charge in [0.1, 0.15) is 11.3 Å². The van der Waals surface area contributed by atoms with Gasteiger partial charge >= 0.3 is 0 Å². The summed E-state index contributed by atoms with van der Waals surface area (Å²) in [4.78, 5) is 20.4. The molecule has 2 atom stereocenters. The van der Waals surface area contributed by atoms with Crippen LogP contribution in [0.25, 0.3) is 11.0 Å². The maximum absolute atomic E-state index is 12.2. The van der Waals surface area contributed by atoms with E-state index >= 15 is 0 Å². The lowest BCUT2D eigenvalue weighted by Gasteiger charge is -2.32. The second kappa shape index (κ2) is 4.49. The second-order valence-electron chi connectivity index (χ2n) is 4.93. The zero-order chi connectivity index (χ0) is 13.6. The van der Waals surface area contributed by atoms with Gasteiger partial charge in [-0.2, -0.15) is 4.98 Å². The number of carbonyl (C=O) groups excluding carboxylic acids is 1. The van der Waals surface area contributed by atoms with Gasteiger partial charge in [0, 0.05) is 17.6 Å². The highest BCUT2D eigenvalue weighted by Gasteiger charge is 2.32. The molecule has 0 spiro atoms. The Hall–Kier alpha value is -1.62. The molecule has 0 fully saturated rings. The molecule has 0 saturated heterocycles. The predicted octanol–water partition coefficient (Wildman–Crippen LogP) is 2.56. The summed E-state index contributed by atoms with van der Waals surface area (Å²) in [5, 5.41) is 4.11. The van der Waals surface area contributed by atoms with E-state index in [0.717, 1.165) is 23.9 Å². The zero-order valence-electron chi connectivity index (χ0n) is 10.9. The lowest BCUT2D eigenvalue weighted by Crippen LogP contribution is -2.46. The Kier molecular flexibility index (Phi) is 2.93. The Morgan fingerprint density at radius 3 is 3.05 bits per heavy atom. The van der Waals surface area contributed by atoms with Crippen LogP contribution in [-0.4, -0.2) is 26.5 Å². The van der Waals surface area contributed by atoms with Gasteiger partial charge in [0.25, 0.3) is 5.91 Å². The Morgan fingerprint density at radius 1 is 1.53 bits per heavy atom. The fourth-order valence-electron chi connectivity index (χ4n) is 2.74. The third-order valence-corrected chi connectivity index (χ3v) is 3.87. The first-order valence-electron chi connectivity index (χ1n) is 6.46.